The van der Waals surface area contributed by atoms with Crippen molar-refractivity contribution in [3.8, 4) is 5.75 Å². The minimum Gasteiger partial charge on any atom is -0.487 e. The highest BCUT2D eigenvalue weighted by atomic mass is 19.1. The third kappa shape index (κ3) is 5.59. The summed E-state index contributed by atoms with van der Waals surface area (Å²) in [5.74, 6) is 0.148. The maximum absolute atomic E-state index is 14.0. The minimum atomic E-state index is -0.873. The maximum atomic E-state index is 14.0. The zero-order valence-corrected chi connectivity index (χ0v) is 19.8. The highest BCUT2D eigenvalue weighted by molar-refractivity contribution is 5.80. The normalized spacial score (nSPS) is 17.5. The molecule has 2 aliphatic rings. The Balaban J connectivity index is 1.35. The van der Waals surface area contributed by atoms with Crippen LogP contribution in [0.3, 0.4) is 0 Å². The smallest absolute Gasteiger partial charge is 0.172 e. The van der Waals surface area contributed by atoms with Gasteiger partial charge in [-0.25, -0.2) is 18.7 Å². The Kier molecular flexibility index (Phi) is 6.41. The van der Waals surface area contributed by atoms with Gasteiger partial charge in [-0.1, -0.05) is 0 Å². The molecule has 35 heavy (non-hydrogen) atoms. The zero-order valence-electron chi connectivity index (χ0n) is 19.8. The van der Waals surface area contributed by atoms with Gasteiger partial charge in [0.15, 0.2) is 23.2 Å². The van der Waals surface area contributed by atoms with Crippen molar-refractivity contribution in [3.63, 3.8) is 0 Å². The van der Waals surface area contributed by atoms with E-state index in [0.29, 0.717) is 62.4 Å². The Morgan fingerprint density at radius 1 is 1.14 bits per heavy atom. The first-order chi connectivity index (χ1) is 16.7. The van der Waals surface area contributed by atoms with Crippen molar-refractivity contribution >= 4 is 22.7 Å². The predicted molar refractivity (Wildman–Crippen MR) is 128 cm³/mol. The van der Waals surface area contributed by atoms with Crippen LogP contribution in [0.2, 0.25) is 0 Å². The number of ether oxygens (including phenoxy) is 2. The second-order valence-electron chi connectivity index (χ2n) is 9.81. The van der Waals surface area contributed by atoms with Gasteiger partial charge in [0.25, 0.3) is 0 Å². The largest absolute Gasteiger partial charge is 0.487 e. The van der Waals surface area contributed by atoms with E-state index < -0.39 is 17.2 Å². The maximum Gasteiger partial charge on any atom is 0.172 e. The van der Waals surface area contributed by atoms with E-state index in [1.54, 1.807) is 20.0 Å². The number of pyridine rings is 1. The molecule has 0 bridgehead atoms. The van der Waals surface area contributed by atoms with Crippen LogP contribution in [0.1, 0.15) is 32.4 Å². The molecule has 2 N–H and O–H groups in total. The van der Waals surface area contributed by atoms with Gasteiger partial charge in [0.1, 0.15) is 17.4 Å². The van der Waals surface area contributed by atoms with E-state index in [2.05, 4.69) is 15.2 Å². The fourth-order valence-corrected chi connectivity index (χ4v) is 4.30. The number of aromatic nitrogens is 3. The molecule has 0 aliphatic carbocycles. The van der Waals surface area contributed by atoms with Crippen LogP contribution in [-0.4, -0.2) is 64.1 Å². The average Bonchev–Trinajstić information content (AvgIpc) is 2.77. The van der Waals surface area contributed by atoms with Gasteiger partial charge < -0.3 is 24.8 Å². The molecule has 0 radical (unpaired) electrons. The van der Waals surface area contributed by atoms with Crippen LogP contribution in [0.25, 0.3) is 11.0 Å². The molecule has 1 aromatic carbocycles. The summed E-state index contributed by atoms with van der Waals surface area (Å²) in [7, 11) is 0. The summed E-state index contributed by atoms with van der Waals surface area (Å²) in [6, 6.07) is 5.39. The Labute approximate surface area is 202 Å². The SMILES string of the molecule is CC(C)(O)Cc1cc2nc(NC3COC3)c(N3CCC(Oc4ccc(F)cc4F)CC3)nc2cn1. The monoisotopic (exact) mass is 485 g/mol. The molecule has 2 fully saturated rings. The molecule has 0 amide bonds. The molecule has 186 valence electrons. The fraction of sp³-hybridized carbons (Fsp3) is 0.480. The Morgan fingerprint density at radius 3 is 2.57 bits per heavy atom. The van der Waals surface area contributed by atoms with Crippen LogP contribution in [0.4, 0.5) is 20.4 Å². The number of piperidine rings is 1. The lowest BCUT2D eigenvalue weighted by Gasteiger charge is -2.35. The minimum absolute atomic E-state index is 0.0654. The van der Waals surface area contributed by atoms with Gasteiger partial charge in [0.05, 0.1) is 36.6 Å². The summed E-state index contributed by atoms with van der Waals surface area (Å²) >= 11 is 0. The molecule has 3 aromatic rings. The van der Waals surface area contributed by atoms with E-state index in [1.165, 1.54) is 12.1 Å². The molecule has 0 atom stereocenters. The van der Waals surface area contributed by atoms with E-state index in [4.69, 9.17) is 19.4 Å². The van der Waals surface area contributed by atoms with Gasteiger partial charge in [0, 0.05) is 44.1 Å². The highest BCUT2D eigenvalue weighted by Crippen LogP contribution is 2.30. The number of anilines is 2. The summed E-state index contributed by atoms with van der Waals surface area (Å²) in [6.07, 6.45) is 3.24. The van der Waals surface area contributed by atoms with Crippen LogP contribution in [0.15, 0.2) is 30.5 Å². The Hall–Kier alpha value is -3.11. The number of hydrogen-bond donors (Lipinski definition) is 2. The lowest BCUT2D eigenvalue weighted by molar-refractivity contribution is 0.0209. The fourth-order valence-electron chi connectivity index (χ4n) is 4.30. The molecule has 10 heteroatoms. The number of fused-ring (bicyclic) bond motifs is 1. The lowest BCUT2D eigenvalue weighted by Crippen LogP contribution is -2.42. The van der Waals surface area contributed by atoms with E-state index in [9.17, 15) is 13.9 Å². The number of halogens is 2. The number of nitrogens with zero attached hydrogens (tertiary/aromatic N) is 4. The molecule has 0 saturated carbocycles. The number of aliphatic hydroxyl groups is 1. The van der Waals surface area contributed by atoms with Crippen molar-refractivity contribution in [2.24, 2.45) is 0 Å². The highest BCUT2D eigenvalue weighted by Gasteiger charge is 2.27. The van der Waals surface area contributed by atoms with Crippen molar-refractivity contribution < 1.29 is 23.4 Å². The molecule has 0 spiro atoms. The van der Waals surface area contributed by atoms with E-state index in [0.717, 1.165) is 17.6 Å². The molecule has 2 aromatic heterocycles. The standard InChI is InChI=1S/C25H29F2N5O3/c1-25(2,33)11-16-10-20-21(12-28-16)31-24(23(30-20)29-17-13-34-14-17)32-7-5-18(6-8-32)35-22-4-3-15(26)9-19(22)27/h3-4,9-10,12,17-18,33H,5-8,11,13-14H2,1-2H3,(H,29,30). The van der Waals surface area contributed by atoms with Crippen LogP contribution in [0, 0.1) is 11.6 Å². The second kappa shape index (κ2) is 9.50. The van der Waals surface area contributed by atoms with Crippen molar-refractivity contribution in [2.45, 2.75) is 50.9 Å². The zero-order chi connectivity index (χ0) is 24.6. The first kappa shape index (κ1) is 23.6. The first-order valence-electron chi connectivity index (χ1n) is 11.8. The summed E-state index contributed by atoms with van der Waals surface area (Å²) in [5, 5.41) is 13.6. The van der Waals surface area contributed by atoms with E-state index >= 15 is 0 Å². The summed E-state index contributed by atoms with van der Waals surface area (Å²) in [4.78, 5) is 16.3. The number of hydrogen-bond acceptors (Lipinski definition) is 8. The molecule has 2 aliphatic heterocycles. The number of nitrogens with one attached hydrogen (secondary N) is 1. The molecule has 4 heterocycles. The van der Waals surface area contributed by atoms with Crippen LogP contribution >= 0.6 is 0 Å². The number of rotatable bonds is 7. The second-order valence-corrected chi connectivity index (χ2v) is 9.81. The summed E-state index contributed by atoms with van der Waals surface area (Å²) < 4.78 is 38.3. The summed E-state index contributed by atoms with van der Waals surface area (Å²) in [6.45, 7) is 6.00. The van der Waals surface area contributed by atoms with E-state index in [-0.39, 0.29) is 17.9 Å². The molecule has 0 unspecified atom stereocenters. The topological polar surface area (TPSA) is 92.6 Å². The molecule has 5 rings (SSSR count). The quantitative estimate of drug-likeness (QED) is 0.526. The first-order valence-corrected chi connectivity index (χ1v) is 11.8. The van der Waals surface area contributed by atoms with Crippen molar-refractivity contribution in [2.75, 3.05) is 36.5 Å². The van der Waals surface area contributed by atoms with Crippen molar-refractivity contribution in [3.05, 3.63) is 47.8 Å². The van der Waals surface area contributed by atoms with Gasteiger partial charge >= 0.3 is 0 Å². The van der Waals surface area contributed by atoms with Gasteiger partial charge in [-0.3, -0.25) is 4.98 Å². The summed E-state index contributed by atoms with van der Waals surface area (Å²) in [5.41, 5.74) is 1.25. The lowest BCUT2D eigenvalue weighted by atomic mass is 10.0. The van der Waals surface area contributed by atoms with Gasteiger partial charge in [-0.05, 0) is 32.0 Å². The van der Waals surface area contributed by atoms with Crippen LogP contribution in [0.5, 0.6) is 5.75 Å². The average molecular weight is 486 g/mol. The van der Waals surface area contributed by atoms with Gasteiger partial charge in [-0.2, -0.15) is 0 Å². The molecular weight excluding hydrogens is 456 g/mol. The molecule has 8 nitrogen and oxygen atoms in total. The molecular formula is C25H29F2N5O3. The van der Waals surface area contributed by atoms with Crippen LogP contribution < -0.4 is 15.0 Å². The Morgan fingerprint density at radius 2 is 1.91 bits per heavy atom. The van der Waals surface area contributed by atoms with Crippen LogP contribution in [-0.2, 0) is 11.2 Å². The van der Waals surface area contributed by atoms with E-state index in [1.807, 2.05) is 6.07 Å². The Bertz CT molecular complexity index is 1210. The third-order valence-electron chi connectivity index (χ3n) is 6.11. The molecule has 2 saturated heterocycles. The number of benzene rings is 1. The third-order valence-corrected chi connectivity index (χ3v) is 6.11. The predicted octanol–water partition coefficient (Wildman–Crippen LogP) is 3.47. The van der Waals surface area contributed by atoms with Gasteiger partial charge in [-0.15, -0.1) is 0 Å². The van der Waals surface area contributed by atoms with Gasteiger partial charge in [0.2, 0.25) is 0 Å². The van der Waals surface area contributed by atoms with Crippen molar-refractivity contribution in [1.82, 2.24) is 15.0 Å². The van der Waals surface area contributed by atoms with Crippen molar-refractivity contribution in [1.29, 1.82) is 0 Å².